The molecule has 0 aliphatic heterocycles. The maximum Gasteiger partial charge on any atom is 0.272 e. The minimum Gasteiger partial charge on any atom is -0.267 e. The number of benzene rings is 2. The van der Waals surface area contributed by atoms with E-state index < -0.39 is 10.8 Å². The smallest absolute Gasteiger partial charge is 0.267 e. The number of amides is 1. The van der Waals surface area contributed by atoms with Crippen molar-refractivity contribution in [3.05, 3.63) is 74.3 Å². The minimum atomic E-state index is -0.489. The molecule has 2 aromatic carbocycles. The van der Waals surface area contributed by atoms with Gasteiger partial charge in [-0.3, -0.25) is 14.9 Å². The second kappa shape index (κ2) is 7.02. The van der Waals surface area contributed by atoms with Crippen molar-refractivity contribution in [1.29, 1.82) is 0 Å². The van der Waals surface area contributed by atoms with Gasteiger partial charge in [0.1, 0.15) is 0 Å². The Balaban J connectivity index is 2.16. The van der Waals surface area contributed by atoms with E-state index in [0.29, 0.717) is 27.4 Å². The van der Waals surface area contributed by atoms with Gasteiger partial charge in [-0.2, -0.15) is 5.10 Å². The molecule has 118 valence electrons. The van der Waals surface area contributed by atoms with Gasteiger partial charge in [0, 0.05) is 27.8 Å². The van der Waals surface area contributed by atoms with E-state index in [9.17, 15) is 14.9 Å². The first-order valence-electron chi connectivity index (χ1n) is 6.74. The molecule has 0 heterocycles. The Bertz CT molecular complexity index is 803. The van der Waals surface area contributed by atoms with Crippen molar-refractivity contribution < 1.29 is 9.72 Å². The summed E-state index contributed by atoms with van der Waals surface area (Å²) in [4.78, 5) is 22.4. The number of hydrogen-bond acceptors (Lipinski definition) is 4. The van der Waals surface area contributed by atoms with Gasteiger partial charge in [0.15, 0.2) is 0 Å². The van der Waals surface area contributed by atoms with E-state index >= 15 is 0 Å². The van der Waals surface area contributed by atoms with Crippen LogP contribution in [0.1, 0.15) is 28.4 Å². The average Bonchev–Trinajstić information content (AvgIpc) is 2.52. The first kappa shape index (κ1) is 16.6. The van der Waals surface area contributed by atoms with Crippen LogP contribution in [0.3, 0.4) is 0 Å². The zero-order valence-corrected chi connectivity index (χ0v) is 13.3. The highest BCUT2D eigenvalue weighted by Gasteiger charge is 2.13. The number of hydrogen-bond donors (Lipinski definition) is 1. The molecule has 0 bridgehead atoms. The van der Waals surface area contributed by atoms with E-state index in [4.69, 9.17) is 11.6 Å². The first-order chi connectivity index (χ1) is 10.9. The minimum absolute atomic E-state index is 0.0303. The van der Waals surface area contributed by atoms with Gasteiger partial charge in [0.05, 0.1) is 10.6 Å². The van der Waals surface area contributed by atoms with Crippen LogP contribution in [0.5, 0.6) is 0 Å². The lowest BCUT2D eigenvalue weighted by molar-refractivity contribution is -0.385. The number of aryl methyl sites for hydroxylation is 1. The molecule has 6 nitrogen and oxygen atoms in total. The van der Waals surface area contributed by atoms with Crippen molar-refractivity contribution in [1.82, 2.24) is 5.43 Å². The number of halogens is 1. The highest BCUT2D eigenvalue weighted by Crippen LogP contribution is 2.19. The van der Waals surface area contributed by atoms with E-state index in [1.54, 1.807) is 32.0 Å². The molecule has 0 atom stereocenters. The summed E-state index contributed by atoms with van der Waals surface area (Å²) in [7, 11) is 0. The summed E-state index contributed by atoms with van der Waals surface area (Å²) in [5.41, 5.74) is 4.37. The van der Waals surface area contributed by atoms with Crippen molar-refractivity contribution >= 4 is 28.9 Å². The molecule has 1 N–H and O–H groups in total. The Labute approximate surface area is 137 Å². The highest BCUT2D eigenvalue weighted by molar-refractivity contribution is 6.34. The molecule has 0 fully saturated rings. The summed E-state index contributed by atoms with van der Waals surface area (Å²) < 4.78 is 0. The predicted molar refractivity (Wildman–Crippen MR) is 89.0 cm³/mol. The van der Waals surface area contributed by atoms with Crippen molar-refractivity contribution in [3.63, 3.8) is 0 Å². The summed E-state index contributed by atoms with van der Waals surface area (Å²) in [6.07, 6.45) is 0. The average molecular weight is 332 g/mol. The molecule has 0 aliphatic rings. The van der Waals surface area contributed by atoms with Crippen LogP contribution in [0.2, 0.25) is 5.02 Å². The van der Waals surface area contributed by atoms with Gasteiger partial charge in [-0.25, -0.2) is 5.43 Å². The van der Waals surface area contributed by atoms with Crippen LogP contribution in [0.4, 0.5) is 5.69 Å². The predicted octanol–water partition coefficient (Wildman–Crippen LogP) is 3.71. The fourth-order valence-electron chi connectivity index (χ4n) is 2.02. The molecule has 2 rings (SSSR count). The van der Waals surface area contributed by atoms with Gasteiger partial charge < -0.3 is 0 Å². The molecular formula is C16H14ClN3O3. The fraction of sp³-hybridized carbons (Fsp3) is 0.125. The SMILES string of the molecule is C/C(=N/NC(=O)c1ccc([N+](=O)[O-])c(C)c1)c1ccccc1Cl. The number of nitro groups is 1. The van der Waals surface area contributed by atoms with Crippen LogP contribution in [-0.2, 0) is 0 Å². The Morgan fingerprint density at radius 3 is 2.57 bits per heavy atom. The van der Waals surface area contributed by atoms with Crippen molar-refractivity contribution in [2.24, 2.45) is 5.10 Å². The largest absolute Gasteiger partial charge is 0.272 e. The molecule has 0 spiro atoms. The second-order valence-corrected chi connectivity index (χ2v) is 5.28. The molecular weight excluding hydrogens is 318 g/mol. The van der Waals surface area contributed by atoms with Gasteiger partial charge in [-0.1, -0.05) is 29.8 Å². The first-order valence-corrected chi connectivity index (χ1v) is 7.12. The molecule has 0 unspecified atom stereocenters. The van der Waals surface area contributed by atoms with Gasteiger partial charge in [-0.15, -0.1) is 0 Å². The third kappa shape index (κ3) is 3.92. The standard InChI is InChI=1S/C16H14ClN3O3/c1-10-9-12(7-8-15(10)20(22)23)16(21)19-18-11(2)13-5-3-4-6-14(13)17/h3-9H,1-2H3,(H,19,21)/b18-11-. The van der Waals surface area contributed by atoms with Gasteiger partial charge in [0.2, 0.25) is 0 Å². The number of rotatable bonds is 4. The Hall–Kier alpha value is -2.73. The lowest BCUT2D eigenvalue weighted by Gasteiger charge is -2.05. The Morgan fingerprint density at radius 2 is 1.96 bits per heavy atom. The monoisotopic (exact) mass is 331 g/mol. The molecule has 0 saturated heterocycles. The zero-order chi connectivity index (χ0) is 17.0. The van der Waals surface area contributed by atoms with E-state index in [1.165, 1.54) is 18.2 Å². The van der Waals surface area contributed by atoms with Crippen LogP contribution in [-0.4, -0.2) is 16.5 Å². The molecule has 0 radical (unpaired) electrons. The summed E-state index contributed by atoms with van der Waals surface area (Å²) in [6, 6.07) is 11.3. The summed E-state index contributed by atoms with van der Waals surface area (Å²) in [6.45, 7) is 3.30. The molecule has 7 heteroatoms. The van der Waals surface area contributed by atoms with Crippen molar-refractivity contribution in [3.8, 4) is 0 Å². The zero-order valence-electron chi connectivity index (χ0n) is 12.5. The number of nitrogens with zero attached hydrogens (tertiary/aromatic N) is 2. The summed E-state index contributed by atoms with van der Waals surface area (Å²) in [5, 5.41) is 15.3. The molecule has 0 saturated carbocycles. The summed E-state index contributed by atoms with van der Waals surface area (Å²) in [5.74, 6) is -0.450. The van der Waals surface area contributed by atoms with E-state index in [2.05, 4.69) is 10.5 Å². The molecule has 23 heavy (non-hydrogen) atoms. The third-order valence-electron chi connectivity index (χ3n) is 3.24. The summed E-state index contributed by atoms with van der Waals surface area (Å²) >= 11 is 6.06. The number of carbonyl (C=O) groups is 1. The highest BCUT2D eigenvalue weighted by atomic mass is 35.5. The van der Waals surface area contributed by atoms with E-state index in [-0.39, 0.29) is 5.69 Å². The van der Waals surface area contributed by atoms with Crippen molar-refractivity contribution in [2.45, 2.75) is 13.8 Å². The molecule has 1 amide bonds. The van der Waals surface area contributed by atoms with Gasteiger partial charge in [-0.05, 0) is 32.0 Å². The molecule has 0 aromatic heterocycles. The second-order valence-electron chi connectivity index (χ2n) is 4.88. The van der Waals surface area contributed by atoms with E-state index in [1.807, 2.05) is 6.07 Å². The maximum absolute atomic E-state index is 12.1. The Kier molecular flexibility index (Phi) is 5.08. The van der Waals surface area contributed by atoms with Crippen LogP contribution in [0.25, 0.3) is 0 Å². The number of hydrazone groups is 1. The van der Waals surface area contributed by atoms with Gasteiger partial charge in [0.25, 0.3) is 11.6 Å². The van der Waals surface area contributed by atoms with Crippen LogP contribution < -0.4 is 5.43 Å². The van der Waals surface area contributed by atoms with Crippen LogP contribution in [0.15, 0.2) is 47.6 Å². The Morgan fingerprint density at radius 1 is 1.26 bits per heavy atom. The normalized spacial score (nSPS) is 11.2. The van der Waals surface area contributed by atoms with Crippen LogP contribution in [0, 0.1) is 17.0 Å². The molecule has 0 aliphatic carbocycles. The number of carbonyl (C=O) groups excluding carboxylic acids is 1. The number of nitrogens with one attached hydrogen (secondary N) is 1. The van der Waals surface area contributed by atoms with Crippen molar-refractivity contribution in [2.75, 3.05) is 0 Å². The quantitative estimate of drug-likeness (QED) is 0.526. The van der Waals surface area contributed by atoms with Crippen LogP contribution >= 0.6 is 11.6 Å². The number of nitro benzene ring substituents is 1. The van der Waals surface area contributed by atoms with E-state index in [0.717, 1.165) is 0 Å². The lowest BCUT2D eigenvalue weighted by atomic mass is 10.1. The maximum atomic E-state index is 12.1. The third-order valence-corrected chi connectivity index (χ3v) is 3.57. The fourth-order valence-corrected chi connectivity index (χ4v) is 2.29. The van der Waals surface area contributed by atoms with Gasteiger partial charge >= 0.3 is 0 Å². The topological polar surface area (TPSA) is 84.6 Å². The lowest BCUT2D eigenvalue weighted by Crippen LogP contribution is -2.19. The molecule has 2 aromatic rings.